The van der Waals surface area contributed by atoms with Gasteiger partial charge in [0.05, 0.1) is 10.3 Å². The van der Waals surface area contributed by atoms with Crippen LogP contribution in [0.5, 0.6) is 0 Å². The monoisotopic (exact) mass is 272 g/mol. The molecule has 0 unspecified atom stereocenters. The van der Waals surface area contributed by atoms with Gasteiger partial charge in [0.1, 0.15) is 11.6 Å². The molecule has 1 aromatic rings. The van der Waals surface area contributed by atoms with Crippen LogP contribution in [0.3, 0.4) is 0 Å². The van der Waals surface area contributed by atoms with Crippen molar-refractivity contribution in [2.75, 3.05) is 6.26 Å². The Morgan fingerprint density at radius 2 is 1.94 bits per heavy atom. The van der Waals surface area contributed by atoms with Gasteiger partial charge in [-0.15, -0.1) is 11.8 Å². The summed E-state index contributed by atoms with van der Waals surface area (Å²) >= 11 is 0.962. The van der Waals surface area contributed by atoms with E-state index in [0.717, 1.165) is 30.7 Å². The quantitative estimate of drug-likeness (QED) is 0.854. The molecule has 1 aliphatic rings. The first-order chi connectivity index (χ1) is 8.53. The topological polar surface area (TPSA) is 37.3 Å². The number of hydrogen-bond acceptors (Lipinski definition) is 2. The molecule has 0 bridgehead atoms. The van der Waals surface area contributed by atoms with Gasteiger partial charge in [-0.25, -0.2) is 8.78 Å². The van der Waals surface area contributed by atoms with Gasteiger partial charge in [-0.2, -0.15) is 0 Å². The maximum atomic E-state index is 14.3. The molecule has 1 N–H and O–H groups in total. The fourth-order valence-corrected chi connectivity index (χ4v) is 3.22. The Kier molecular flexibility index (Phi) is 3.61. The largest absolute Gasteiger partial charge is 0.481 e. The molecule has 0 atom stereocenters. The van der Waals surface area contributed by atoms with Gasteiger partial charge in [0.15, 0.2) is 0 Å². The first kappa shape index (κ1) is 13.3. The molecule has 98 valence electrons. The summed E-state index contributed by atoms with van der Waals surface area (Å²) in [5.74, 6) is -2.37. The second-order valence-corrected chi connectivity index (χ2v) is 5.35. The predicted octanol–water partition coefficient (Wildman–Crippen LogP) is 3.58. The lowest BCUT2D eigenvalue weighted by molar-refractivity contribution is -0.143. The zero-order valence-corrected chi connectivity index (χ0v) is 10.8. The molecule has 0 aliphatic heterocycles. The van der Waals surface area contributed by atoms with Crippen LogP contribution in [0, 0.1) is 11.6 Å². The molecule has 0 saturated heterocycles. The van der Waals surface area contributed by atoms with Gasteiger partial charge in [0, 0.05) is 5.56 Å². The van der Waals surface area contributed by atoms with Crippen LogP contribution in [-0.4, -0.2) is 17.3 Å². The van der Waals surface area contributed by atoms with E-state index < -0.39 is 23.0 Å². The minimum Gasteiger partial charge on any atom is -0.481 e. The highest BCUT2D eigenvalue weighted by Gasteiger charge is 2.45. The molecular weight excluding hydrogens is 258 g/mol. The van der Waals surface area contributed by atoms with E-state index in [1.54, 1.807) is 6.26 Å². The summed E-state index contributed by atoms with van der Waals surface area (Å²) in [5, 5.41) is 9.41. The van der Waals surface area contributed by atoms with Crippen molar-refractivity contribution in [1.82, 2.24) is 0 Å². The molecule has 1 aliphatic carbocycles. The fourth-order valence-electron chi connectivity index (χ4n) is 2.67. The maximum Gasteiger partial charge on any atom is 0.314 e. The third-order valence-electron chi connectivity index (χ3n) is 3.64. The summed E-state index contributed by atoms with van der Waals surface area (Å²) in [6, 6.07) is 2.44. The van der Waals surface area contributed by atoms with Crippen molar-refractivity contribution in [3.05, 3.63) is 29.3 Å². The molecule has 2 rings (SSSR count). The number of carbonyl (C=O) groups is 1. The van der Waals surface area contributed by atoms with Crippen LogP contribution in [0.2, 0.25) is 0 Å². The Morgan fingerprint density at radius 1 is 1.33 bits per heavy atom. The standard InChI is InChI=1S/C13H14F2O2S/c1-18-11-9(14)5-4-8(10(11)15)13(12(16)17)6-2-3-7-13/h4-5H,2-3,6-7H2,1H3,(H,16,17). The highest BCUT2D eigenvalue weighted by Crippen LogP contribution is 2.44. The fraction of sp³-hybridized carbons (Fsp3) is 0.462. The third-order valence-corrected chi connectivity index (χ3v) is 4.42. The van der Waals surface area contributed by atoms with Crippen molar-refractivity contribution in [3.63, 3.8) is 0 Å². The molecule has 1 saturated carbocycles. The van der Waals surface area contributed by atoms with Gasteiger partial charge in [0.25, 0.3) is 0 Å². The number of carboxylic acid groups (broad SMARTS) is 1. The van der Waals surface area contributed by atoms with Crippen LogP contribution < -0.4 is 0 Å². The summed E-state index contributed by atoms with van der Waals surface area (Å²) in [7, 11) is 0. The Balaban J connectivity index is 2.59. The summed E-state index contributed by atoms with van der Waals surface area (Å²) < 4.78 is 27.7. The maximum absolute atomic E-state index is 14.3. The van der Waals surface area contributed by atoms with Crippen molar-refractivity contribution in [2.45, 2.75) is 36.0 Å². The lowest BCUT2D eigenvalue weighted by Gasteiger charge is -2.25. The first-order valence-electron chi connectivity index (χ1n) is 5.79. The van der Waals surface area contributed by atoms with E-state index in [-0.39, 0.29) is 10.5 Å². The van der Waals surface area contributed by atoms with Crippen molar-refractivity contribution >= 4 is 17.7 Å². The van der Waals surface area contributed by atoms with Crippen LogP contribution in [0.1, 0.15) is 31.2 Å². The van der Waals surface area contributed by atoms with Crippen molar-refractivity contribution in [2.24, 2.45) is 0 Å². The smallest absolute Gasteiger partial charge is 0.314 e. The van der Waals surface area contributed by atoms with E-state index in [0.29, 0.717) is 12.8 Å². The Bertz CT molecular complexity index is 482. The van der Waals surface area contributed by atoms with Crippen LogP contribution in [0.15, 0.2) is 17.0 Å². The third kappa shape index (κ3) is 1.90. The van der Waals surface area contributed by atoms with E-state index in [2.05, 4.69) is 0 Å². The number of hydrogen-bond donors (Lipinski definition) is 1. The van der Waals surface area contributed by atoms with Gasteiger partial charge < -0.3 is 5.11 Å². The lowest BCUT2D eigenvalue weighted by Crippen LogP contribution is -2.33. The number of rotatable bonds is 3. The lowest BCUT2D eigenvalue weighted by atomic mass is 9.78. The molecule has 0 heterocycles. The molecule has 5 heteroatoms. The van der Waals surface area contributed by atoms with E-state index in [1.807, 2.05) is 0 Å². The molecule has 0 aromatic heterocycles. The molecule has 0 amide bonds. The second-order valence-electron chi connectivity index (χ2n) is 4.54. The van der Waals surface area contributed by atoms with Crippen LogP contribution in [0.4, 0.5) is 8.78 Å². The van der Waals surface area contributed by atoms with E-state index in [9.17, 15) is 18.7 Å². The van der Waals surface area contributed by atoms with E-state index in [1.165, 1.54) is 6.07 Å². The number of carboxylic acids is 1. The average molecular weight is 272 g/mol. The summed E-state index contributed by atoms with van der Waals surface area (Å²) in [6.07, 6.45) is 3.93. The Hall–Kier alpha value is -1.10. The van der Waals surface area contributed by atoms with Gasteiger partial charge in [-0.05, 0) is 25.2 Å². The van der Waals surface area contributed by atoms with E-state index >= 15 is 0 Å². The second kappa shape index (κ2) is 4.88. The van der Waals surface area contributed by atoms with E-state index in [4.69, 9.17) is 0 Å². The van der Waals surface area contributed by atoms with Crippen molar-refractivity contribution in [1.29, 1.82) is 0 Å². The summed E-state index contributed by atoms with van der Waals surface area (Å²) in [6.45, 7) is 0. The van der Waals surface area contributed by atoms with Gasteiger partial charge in [-0.3, -0.25) is 4.79 Å². The zero-order valence-electron chi connectivity index (χ0n) is 10.0. The van der Waals surface area contributed by atoms with Crippen molar-refractivity contribution in [3.8, 4) is 0 Å². The number of benzene rings is 1. The minimum atomic E-state index is -1.18. The summed E-state index contributed by atoms with van der Waals surface area (Å²) in [4.78, 5) is 11.4. The normalized spacial score (nSPS) is 17.9. The van der Waals surface area contributed by atoms with Crippen LogP contribution in [0.25, 0.3) is 0 Å². The molecule has 1 aromatic carbocycles. The molecule has 2 nitrogen and oxygen atoms in total. The Labute approximate surface area is 108 Å². The molecular formula is C13H14F2O2S. The summed E-state index contributed by atoms with van der Waals surface area (Å²) in [5.41, 5.74) is -1.05. The molecule has 1 fully saturated rings. The number of aliphatic carboxylic acids is 1. The molecule has 18 heavy (non-hydrogen) atoms. The average Bonchev–Trinajstić information content (AvgIpc) is 2.80. The first-order valence-corrected chi connectivity index (χ1v) is 7.01. The number of thioether (sulfide) groups is 1. The van der Waals surface area contributed by atoms with Crippen LogP contribution in [-0.2, 0) is 10.2 Å². The molecule has 0 spiro atoms. The SMILES string of the molecule is CSc1c(F)ccc(C2(C(=O)O)CCCC2)c1F. The van der Waals surface area contributed by atoms with Gasteiger partial charge in [-0.1, -0.05) is 18.9 Å². The Morgan fingerprint density at radius 3 is 2.44 bits per heavy atom. The van der Waals surface area contributed by atoms with Gasteiger partial charge in [0.2, 0.25) is 0 Å². The van der Waals surface area contributed by atoms with Crippen LogP contribution >= 0.6 is 11.8 Å². The molecule has 0 radical (unpaired) electrons. The van der Waals surface area contributed by atoms with Gasteiger partial charge >= 0.3 is 5.97 Å². The highest BCUT2D eigenvalue weighted by molar-refractivity contribution is 7.98. The minimum absolute atomic E-state index is 0.0972. The highest BCUT2D eigenvalue weighted by atomic mass is 32.2. The zero-order chi connectivity index (χ0) is 13.3. The predicted molar refractivity (Wildman–Crippen MR) is 65.9 cm³/mol. The van der Waals surface area contributed by atoms with Crippen molar-refractivity contribution < 1.29 is 18.7 Å². The number of halogens is 2.